The van der Waals surface area contributed by atoms with Crippen molar-refractivity contribution in [2.45, 2.75) is 91.0 Å². The van der Waals surface area contributed by atoms with Crippen LogP contribution in [0.4, 0.5) is 0 Å². The highest BCUT2D eigenvalue weighted by Gasteiger charge is 2.36. The molecule has 35 heavy (non-hydrogen) atoms. The van der Waals surface area contributed by atoms with E-state index in [4.69, 9.17) is 18.9 Å². The number of carbonyl (C=O) groups excluding carboxylic acids is 2. The van der Waals surface area contributed by atoms with Crippen molar-refractivity contribution < 1.29 is 33.6 Å². The zero-order valence-corrected chi connectivity index (χ0v) is 22.5. The maximum Gasteiger partial charge on any atom is 0.345 e. The van der Waals surface area contributed by atoms with E-state index in [1.807, 2.05) is 0 Å². The van der Waals surface area contributed by atoms with Gasteiger partial charge in [0.05, 0.1) is 13.2 Å². The third-order valence-electron chi connectivity index (χ3n) is 6.58. The van der Waals surface area contributed by atoms with Crippen molar-refractivity contribution in [2.24, 2.45) is 11.8 Å². The maximum absolute atomic E-state index is 13.0. The average molecular weight is 495 g/mol. The number of unbranched alkanes of at least 4 members (excludes halogenated alkanes) is 2. The number of carbonyl (C=O) groups is 2. The molecule has 0 aliphatic heterocycles. The summed E-state index contributed by atoms with van der Waals surface area (Å²) in [6, 6.07) is 0. The quantitative estimate of drug-likeness (QED) is 0.0967. The lowest BCUT2D eigenvalue weighted by atomic mass is 9.97. The molecule has 0 spiro atoms. The van der Waals surface area contributed by atoms with Crippen molar-refractivity contribution in [2.75, 3.05) is 27.4 Å². The van der Waals surface area contributed by atoms with Crippen molar-refractivity contribution in [1.82, 2.24) is 0 Å². The smallest absolute Gasteiger partial charge is 0.345 e. The first-order chi connectivity index (χ1) is 16.8. The first-order valence-corrected chi connectivity index (χ1v) is 13.1. The van der Waals surface area contributed by atoms with Crippen LogP contribution in [0, 0.1) is 11.8 Å². The first kappa shape index (κ1) is 31.1. The van der Waals surface area contributed by atoms with Crippen molar-refractivity contribution in [1.29, 1.82) is 0 Å². The molecule has 200 valence electrons. The number of ether oxygens (including phenoxy) is 4. The zero-order chi connectivity index (χ0) is 26.3. The zero-order valence-electron chi connectivity index (χ0n) is 22.5. The molecule has 0 saturated carbocycles. The van der Waals surface area contributed by atoms with Crippen LogP contribution in [0.5, 0.6) is 0 Å². The SMILES string of the molecule is CCCCC(CC)COC(=O)C(=CC1=CC(OC)C(O)(OC)C=C1)C(=O)OCC(CC)CCCC. The van der Waals surface area contributed by atoms with E-state index in [-0.39, 0.29) is 30.6 Å². The van der Waals surface area contributed by atoms with E-state index in [9.17, 15) is 14.7 Å². The van der Waals surface area contributed by atoms with E-state index in [0.717, 1.165) is 51.4 Å². The number of esters is 2. The highest BCUT2D eigenvalue weighted by molar-refractivity contribution is 6.14. The van der Waals surface area contributed by atoms with Crippen molar-refractivity contribution >= 4 is 11.9 Å². The molecule has 7 nitrogen and oxygen atoms in total. The third-order valence-corrected chi connectivity index (χ3v) is 6.58. The topological polar surface area (TPSA) is 91.3 Å². The molecule has 0 aromatic heterocycles. The van der Waals surface area contributed by atoms with Crippen LogP contribution in [0.1, 0.15) is 79.1 Å². The predicted octanol–water partition coefficient (Wildman–Crippen LogP) is 5.28. The monoisotopic (exact) mass is 494 g/mol. The standard InChI is InChI=1S/C28H46O7/c1-7-11-13-21(9-3)19-34-26(29)24(27(30)35-20-22(10-4)14-12-8-2)17-23-15-16-28(31,33-6)25(18-23)32-5/h15-18,21-22,25,31H,7-14,19-20H2,1-6H3. The van der Waals surface area contributed by atoms with Gasteiger partial charge in [0.15, 0.2) is 0 Å². The van der Waals surface area contributed by atoms with E-state index >= 15 is 0 Å². The van der Waals surface area contributed by atoms with Gasteiger partial charge in [-0.3, -0.25) is 0 Å². The lowest BCUT2D eigenvalue weighted by Gasteiger charge is -2.31. The molecule has 4 unspecified atom stereocenters. The van der Waals surface area contributed by atoms with Crippen molar-refractivity contribution in [3.05, 3.63) is 35.5 Å². The summed E-state index contributed by atoms with van der Waals surface area (Å²) in [7, 11) is 2.81. The Kier molecular flexibility index (Phi) is 14.8. The molecule has 1 N–H and O–H groups in total. The van der Waals surface area contributed by atoms with Crippen LogP contribution in [0.25, 0.3) is 0 Å². The van der Waals surface area contributed by atoms with E-state index in [1.165, 1.54) is 26.4 Å². The Morgan fingerprint density at radius 1 is 0.971 bits per heavy atom. The van der Waals surface area contributed by atoms with Crippen LogP contribution in [-0.4, -0.2) is 56.4 Å². The summed E-state index contributed by atoms with van der Waals surface area (Å²) in [5, 5.41) is 10.5. The van der Waals surface area contributed by atoms with Gasteiger partial charge in [-0.15, -0.1) is 0 Å². The van der Waals surface area contributed by atoms with E-state index in [0.29, 0.717) is 5.57 Å². The summed E-state index contributed by atoms with van der Waals surface area (Å²) in [5.74, 6) is -2.55. The van der Waals surface area contributed by atoms with Gasteiger partial charge in [0, 0.05) is 14.2 Å². The largest absolute Gasteiger partial charge is 0.462 e. The molecule has 1 aliphatic rings. The van der Waals surface area contributed by atoms with Crippen LogP contribution in [0.3, 0.4) is 0 Å². The lowest BCUT2D eigenvalue weighted by molar-refractivity contribution is -0.202. The van der Waals surface area contributed by atoms with Gasteiger partial charge < -0.3 is 24.1 Å². The minimum Gasteiger partial charge on any atom is -0.462 e. The normalized spacial score (nSPS) is 21.1. The molecular weight excluding hydrogens is 448 g/mol. The molecule has 0 saturated heterocycles. The molecule has 0 fully saturated rings. The lowest BCUT2D eigenvalue weighted by Crippen LogP contribution is -2.43. The van der Waals surface area contributed by atoms with Gasteiger partial charge in [0.1, 0.15) is 11.7 Å². The molecular formula is C28H46O7. The van der Waals surface area contributed by atoms with Gasteiger partial charge in [-0.2, -0.15) is 0 Å². The Morgan fingerprint density at radius 2 is 1.49 bits per heavy atom. The Hall–Kier alpha value is -1.96. The fraction of sp³-hybridized carbons (Fsp3) is 0.714. The summed E-state index contributed by atoms with van der Waals surface area (Å²) in [6.45, 7) is 8.91. The van der Waals surface area contributed by atoms with Crippen molar-refractivity contribution in [3.63, 3.8) is 0 Å². The molecule has 1 aliphatic carbocycles. The molecule has 7 heteroatoms. The maximum atomic E-state index is 13.0. The average Bonchev–Trinajstić information content (AvgIpc) is 2.87. The van der Waals surface area contributed by atoms with Crippen LogP contribution in [0.2, 0.25) is 0 Å². The van der Waals surface area contributed by atoms with Gasteiger partial charge >= 0.3 is 11.9 Å². The van der Waals surface area contributed by atoms with Gasteiger partial charge in [-0.05, 0) is 48.5 Å². The minimum atomic E-state index is -1.63. The van der Waals surface area contributed by atoms with E-state index in [2.05, 4.69) is 27.7 Å². The van der Waals surface area contributed by atoms with Gasteiger partial charge in [0.25, 0.3) is 0 Å². The summed E-state index contributed by atoms with van der Waals surface area (Å²) >= 11 is 0. The molecule has 0 aromatic carbocycles. The minimum absolute atomic E-state index is 0.172. The Bertz CT molecular complexity index is 706. The molecule has 0 aromatic rings. The Morgan fingerprint density at radius 3 is 1.89 bits per heavy atom. The second kappa shape index (κ2) is 16.7. The van der Waals surface area contributed by atoms with Crippen LogP contribution in [-0.2, 0) is 28.5 Å². The molecule has 0 radical (unpaired) electrons. The molecule has 0 bridgehead atoms. The fourth-order valence-corrected chi connectivity index (χ4v) is 3.88. The fourth-order valence-electron chi connectivity index (χ4n) is 3.88. The second-order valence-electron chi connectivity index (χ2n) is 9.20. The highest BCUT2D eigenvalue weighted by Crippen LogP contribution is 2.26. The summed E-state index contributed by atoms with van der Waals surface area (Å²) in [6.07, 6.45) is 13.2. The number of allylic oxidation sites excluding steroid dienone is 3. The summed E-state index contributed by atoms with van der Waals surface area (Å²) in [4.78, 5) is 26.1. The third kappa shape index (κ3) is 10.3. The van der Waals surface area contributed by atoms with Crippen LogP contribution in [0.15, 0.2) is 35.5 Å². The predicted molar refractivity (Wildman–Crippen MR) is 137 cm³/mol. The summed E-state index contributed by atoms with van der Waals surface area (Å²) < 4.78 is 21.6. The molecule has 1 rings (SSSR count). The van der Waals surface area contributed by atoms with Gasteiger partial charge in [0.2, 0.25) is 5.79 Å². The number of methoxy groups -OCH3 is 2. The van der Waals surface area contributed by atoms with E-state index in [1.54, 1.807) is 12.2 Å². The molecule has 0 amide bonds. The Balaban J connectivity index is 3.09. The van der Waals surface area contributed by atoms with Crippen molar-refractivity contribution in [3.8, 4) is 0 Å². The second-order valence-corrected chi connectivity index (χ2v) is 9.20. The highest BCUT2D eigenvalue weighted by atomic mass is 16.6. The number of aliphatic hydroxyl groups is 1. The number of rotatable bonds is 17. The number of hydrogen-bond acceptors (Lipinski definition) is 7. The van der Waals surface area contributed by atoms with Gasteiger partial charge in [-0.1, -0.05) is 72.3 Å². The Labute approximate surface area is 211 Å². The summed E-state index contributed by atoms with van der Waals surface area (Å²) in [5.41, 5.74) is 0.341. The number of hydrogen-bond donors (Lipinski definition) is 1. The van der Waals surface area contributed by atoms with Crippen LogP contribution >= 0.6 is 0 Å². The van der Waals surface area contributed by atoms with Crippen LogP contribution < -0.4 is 0 Å². The molecule has 0 heterocycles. The first-order valence-electron chi connectivity index (χ1n) is 13.1. The van der Waals surface area contributed by atoms with Gasteiger partial charge in [-0.25, -0.2) is 9.59 Å². The van der Waals surface area contributed by atoms with E-state index < -0.39 is 23.8 Å². The molecule has 4 atom stereocenters.